The van der Waals surface area contributed by atoms with Crippen LogP contribution >= 0.6 is 12.4 Å². The minimum Gasteiger partial charge on any atom is -0.480 e. The summed E-state index contributed by atoms with van der Waals surface area (Å²) in [7, 11) is -3.40. The van der Waals surface area contributed by atoms with E-state index in [9.17, 15) is 13.2 Å². The standard InChI is InChI=1S/C4H9NO4S.ClH/c1-3(4(6)7)5-10(2,8)9;/h3,5H,1-2H3,(H,6,7);1H. The van der Waals surface area contributed by atoms with E-state index in [1.807, 2.05) is 4.72 Å². The Kier molecular flexibility index (Phi) is 5.46. The zero-order chi connectivity index (χ0) is 8.36. The fraction of sp³-hybridized carbons (Fsp3) is 0.750. The average Bonchev–Trinajstić information content (AvgIpc) is 1.60. The first-order chi connectivity index (χ1) is 4.33. The van der Waals surface area contributed by atoms with Gasteiger partial charge in [0.1, 0.15) is 6.04 Å². The van der Waals surface area contributed by atoms with E-state index in [4.69, 9.17) is 5.11 Å². The van der Waals surface area contributed by atoms with Gasteiger partial charge in [-0.1, -0.05) is 0 Å². The topological polar surface area (TPSA) is 83.5 Å². The zero-order valence-electron chi connectivity index (χ0n) is 6.07. The quantitative estimate of drug-likeness (QED) is 0.644. The predicted molar refractivity (Wildman–Crippen MR) is 42.3 cm³/mol. The Morgan fingerprint density at radius 1 is 1.55 bits per heavy atom. The van der Waals surface area contributed by atoms with Gasteiger partial charge in [-0.05, 0) is 6.92 Å². The second kappa shape index (κ2) is 4.53. The Balaban J connectivity index is 0. The highest BCUT2D eigenvalue weighted by molar-refractivity contribution is 7.88. The van der Waals surface area contributed by atoms with E-state index in [-0.39, 0.29) is 12.4 Å². The molecule has 0 aromatic heterocycles. The van der Waals surface area contributed by atoms with Crippen LogP contribution in [0.15, 0.2) is 0 Å². The molecule has 1 unspecified atom stereocenters. The van der Waals surface area contributed by atoms with Gasteiger partial charge in [0, 0.05) is 0 Å². The maximum Gasteiger partial charge on any atom is 0.321 e. The van der Waals surface area contributed by atoms with Crippen LogP contribution in [0.3, 0.4) is 0 Å². The number of sulfonamides is 1. The number of halogens is 1. The fourth-order valence-corrected chi connectivity index (χ4v) is 1.11. The van der Waals surface area contributed by atoms with Gasteiger partial charge in [-0.2, -0.15) is 0 Å². The number of nitrogens with one attached hydrogen (secondary N) is 1. The molecule has 1 atom stereocenters. The van der Waals surface area contributed by atoms with Crippen molar-refractivity contribution in [2.75, 3.05) is 6.26 Å². The molecule has 68 valence electrons. The van der Waals surface area contributed by atoms with Crippen LogP contribution < -0.4 is 4.72 Å². The molecule has 7 heteroatoms. The van der Waals surface area contributed by atoms with E-state index in [1.165, 1.54) is 6.92 Å². The van der Waals surface area contributed by atoms with Gasteiger partial charge in [0.05, 0.1) is 6.26 Å². The normalized spacial score (nSPS) is 13.3. The lowest BCUT2D eigenvalue weighted by Gasteiger charge is -2.04. The van der Waals surface area contributed by atoms with E-state index >= 15 is 0 Å². The predicted octanol–water partition coefficient (Wildman–Crippen LogP) is -0.569. The number of carbonyl (C=O) groups is 1. The third-order valence-electron chi connectivity index (χ3n) is 0.761. The average molecular weight is 204 g/mol. The third-order valence-corrected chi connectivity index (χ3v) is 1.54. The third kappa shape index (κ3) is 7.57. The molecule has 0 amide bonds. The molecule has 0 aliphatic carbocycles. The molecule has 0 rings (SSSR count). The Bertz CT molecular complexity index is 224. The van der Waals surface area contributed by atoms with E-state index < -0.39 is 22.0 Å². The lowest BCUT2D eigenvalue weighted by molar-refractivity contribution is -0.138. The van der Waals surface area contributed by atoms with Crippen molar-refractivity contribution in [2.24, 2.45) is 0 Å². The van der Waals surface area contributed by atoms with Gasteiger partial charge in [0.15, 0.2) is 0 Å². The van der Waals surface area contributed by atoms with Crippen LogP contribution in [0.2, 0.25) is 0 Å². The smallest absolute Gasteiger partial charge is 0.321 e. The molecule has 0 heterocycles. The largest absolute Gasteiger partial charge is 0.480 e. The van der Waals surface area contributed by atoms with Gasteiger partial charge in [0.2, 0.25) is 10.0 Å². The summed E-state index contributed by atoms with van der Waals surface area (Å²) in [6, 6.07) is -1.06. The molecule has 2 N–H and O–H groups in total. The van der Waals surface area contributed by atoms with Gasteiger partial charge in [0.25, 0.3) is 0 Å². The van der Waals surface area contributed by atoms with Crippen molar-refractivity contribution in [3.63, 3.8) is 0 Å². The lowest BCUT2D eigenvalue weighted by atomic mass is 10.4. The second-order valence-electron chi connectivity index (χ2n) is 1.95. The summed E-state index contributed by atoms with van der Waals surface area (Å²) in [5.41, 5.74) is 0. The molecular formula is C4H10ClNO4S. The molecule has 11 heavy (non-hydrogen) atoms. The van der Waals surface area contributed by atoms with Crippen LogP contribution in [-0.4, -0.2) is 31.8 Å². The molecule has 0 bridgehead atoms. The minimum absolute atomic E-state index is 0. The highest BCUT2D eigenvalue weighted by Crippen LogP contribution is 1.83. The summed E-state index contributed by atoms with van der Waals surface area (Å²) >= 11 is 0. The Morgan fingerprint density at radius 3 is 2.00 bits per heavy atom. The maximum absolute atomic E-state index is 10.4. The van der Waals surface area contributed by atoms with Crippen molar-refractivity contribution in [3.8, 4) is 0 Å². The van der Waals surface area contributed by atoms with Crippen molar-refractivity contribution in [1.29, 1.82) is 0 Å². The highest BCUT2D eigenvalue weighted by atomic mass is 35.5. The van der Waals surface area contributed by atoms with Crippen LogP contribution in [0.1, 0.15) is 6.92 Å². The van der Waals surface area contributed by atoms with Crippen molar-refractivity contribution in [1.82, 2.24) is 4.72 Å². The van der Waals surface area contributed by atoms with Crippen LogP contribution in [0, 0.1) is 0 Å². The molecular weight excluding hydrogens is 194 g/mol. The first-order valence-corrected chi connectivity index (χ1v) is 4.42. The molecule has 0 spiro atoms. The van der Waals surface area contributed by atoms with Crippen LogP contribution in [0.25, 0.3) is 0 Å². The van der Waals surface area contributed by atoms with Gasteiger partial charge >= 0.3 is 5.97 Å². The maximum atomic E-state index is 10.4. The van der Waals surface area contributed by atoms with Crippen LogP contribution in [0.4, 0.5) is 0 Å². The van der Waals surface area contributed by atoms with Crippen molar-refractivity contribution >= 4 is 28.4 Å². The number of rotatable bonds is 3. The fourth-order valence-electron chi connectivity index (χ4n) is 0.372. The molecule has 5 nitrogen and oxygen atoms in total. The summed E-state index contributed by atoms with van der Waals surface area (Å²) < 4.78 is 22.6. The number of aliphatic carboxylic acids is 1. The van der Waals surface area contributed by atoms with E-state index in [0.29, 0.717) is 0 Å². The number of carboxylic acids is 1. The monoisotopic (exact) mass is 203 g/mol. The number of hydrogen-bond donors (Lipinski definition) is 2. The summed E-state index contributed by atoms with van der Waals surface area (Å²) in [5, 5.41) is 8.22. The minimum atomic E-state index is -3.40. The Morgan fingerprint density at radius 2 is 1.91 bits per heavy atom. The summed E-state index contributed by atoms with van der Waals surface area (Å²) in [6.07, 6.45) is 0.909. The number of carboxylic acid groups (broad SMARTS) is 1. The molecule has 0 aromatic rings. The molecule has 0 saturated heterocycles. The van der Waals surface area contributed by atoms with E-state index in [2.05, 4.69) is 0 Å². The molecule has 0 aliphatic rings. The molecule has 0 saturated carbocycles. The first kappa shape index (κ1) is 13.3. The van der Waals surface area contributed by atoms with Gasteiger partial charge in [-0.15, -0.1) is 12.4 Å². The summed E-state index contributed by atoms with van der Waals surface area (Å²) in [5.74, 6) is -1.19. The Hall–Kier alpha value is -0.330. The molecule has 0 aromatic carbocycles. The first-order valence-electron chi connectivity index (χ1n) is 2.53. The number of hydrogen-bond acceptors (Lipinski definition) is 3. The van der Waals surface area contributed by atoms with Gasteiger partial charge in [-0.3, -0.25) is 4.79 Å². The van der Waals surface area contributed by atoms with E-state index in [0.717, 1.165) is 6.26 Å². The SMILES string of the molecule is CC(NS(C)(=O)=O)C(=O)O.Cl. The second-order valence-corrected chi connectivity index (χ2v) is 3.73. The van der Waals surface area contributed by atoms with Crippen molar-refractivity contribution in [3.05, 3.63) is 0 Å². The molecule has 0 fully saturated rings. The Labute approximate surface area is 71.3 Å². The van der Waals surface area contributed by atoms with Gasteiger partial charge in [-0.25, -0.2) is 13.1 Å². The van der Waals surface area contributed by atoms with Crippen LogP contribution in [0.5, 0.6) is 0 Å². The van der Waals surface area contributed by atoms with Crippen LogP contribution in [-0.2, 0) is 14.8 Å². The van der Waals surface area contributed by atoms with Crippen molar-refractivity contribution in [2.45, 2.75) is 13.0 Å². The summed E-state index contributed by atoms with van der Waals surface area (Å²) in [6.45, 7) is 1.25. The zero-order valence-corrected chi connectivity index (χ0v) is 7.70. The lowest BCUT2D eigenvalue weighted by Crippen LogP contribution is -2.37. The highest BCUT2D eigenvalue weighted by Gasteiger charge is 2.14. The summed E-state index contributed by atoms with van der Waals surface area (Å²) in [4.78, 5) is 10.1. The molecule has 0 radical (unpaired) electrons. The van der Waals surface area contributed by atoms with E-state index in [1.54, 1.807) is 0 Å². The molecule has 0 aliphatic heterocycles. The van der Waals surface area contributed by atoms with Gasteiger partial charge < -0.3 is 5.11 Å². The van der Waals surface area contributed by atoms with Crippen molar-refractivity contribution < 1.29 is 18.3 Å².